The number of phenols is 1. The Morgan fingerprint density at radius 1 is 1.40 bits per heavy atom. The van der Waals surface area contributed by atoms with Gasteiger partial charge in [0.25, 0.3) is 0 Å². The van der Waals surface area contributed by atoms with Crippen molar-refractivity contribution >= 4 is 0 Å². The average Bonchev–Trinajstić information content (AvgIpc) is 1.94. The molecule has 1 aromatic carbocycles. The lowest BCUT2D eigenvalue weighted by Gasteiger charge is -1.99. The second-order valence-corrected chi connectivity index (χ2v) is 2.24. The Morgan fingerprint density at radius 3 is 2.70 bits per heavy atom. The molecule has 1 nitrogen and oxygen atoms in total. The molecule has 0 heterocycles. The molecule has 0 aliphatic carbocycles. The largest absolute Gasteiger partial charge is 0.508 e. The first kappa shape index (κ1) is 7.13. The van der Waals surface area contributed by atoms with E-state index in [-0.39, 0.29) is 0 Å². The van der Waals surface area contributed by atoms with Crippen LogP contribution in [0.1, 0.15) is 12.5 Å². The molecule has 1 heteroatoms. The zero-order chi connectivity index (χ0) is 7.40. The second-order valence-electron chi connectivity index (χ2n) is 2.24. The van der Waals surface area contributed by atoms with Gasteiger partial charge in [0.15, 0.2) is 0 Å². The van der Waals surface area contributed by atoms with E-state index in [1.807, 2.05) is 31.5 Å². The van der Waals surface area contributed by atoms with Gasteiger partial charge in [0.1, 0.15) is 5.75 Å². The van der Waals surface area contributed by atoms with Crippen LogP contribution in [-0.4, -0.2) is 5.11 Å². The summed E-state index contributed by atoms with van der Waals surface area (Å²) in [6.07, 6.45) is 2.86. The molecule has 0 atom stereocenters. The van der Waals surface area contributed by atoms with Gasteiger partial charge in [-0.15, -0.1) is 0 Å². The van der Waals surface area contributed by atoms with Gasteiger partial charge < -0.3 is 5.11 Å². The van der Waals surface area contributed by atoms with Crippen molar-refractivity contribution in [1.82, 2.24) is 0 Å². The quantitative estimate of drug-likeness (QED) is 0.658. The highest BCUT2D eigenvalue weighted by atomic mass is 16.3. The van der Waals surface area contributed by atoms with Crippen molar-refractivity contribution in [3.8, 4) is 5.75 Å². The van der Waals surface area contributed by atoms with E-state index in [0.717, 1.165) is 12.0 Å². The van der Waals surface area contributed by atoms with E-state index in [4.69, 9.17) is 0 Å². The van der Waals surface area contributed by atoms with Crippen LogP contribution in [0.2, 0.25) is 0 Å². The van der Waals surface area contributed by atoms with E-state index in [2.05, 4.69) is 0 Å². The van der Waals surface area contributed by atoms with Crippen LogP contribution in [-0.2, 0) is 6.42 Å². The van der Waals surface area contributed by atoms with Crippen LogP contribution in [0.15, 0.2) is 24.3 Å². The molecule has 0 unspecified atom stereocenters. The standard InChI is InChI=1S/C9H11O/c1-2-5-8-6-3-4-7-9(8)10/h2-4,6-7,10H,5H2,1H3. The summed E-state index contributed by atoms with van der Waals surface area (Å²) in [5.74, 6) is 0.389. The highest BCUT2D eigenvalue weighted by molar-refractivity contribution is 5.32. The number of aromatic hydroxyl groups is 1. The van der Waals surface area contributed by atoms with Gasteiger partial charge in [0, 0.05) is 0 Å². The summed E-state index contributed by atoms with van der Waals surface area (Å²) in [6.45, 7) is 1.98. The first-order valence-electron chi connectivity index (χ1n) is 3.39. The SMILES string of the molecule is C[CH]Cc1ccccc1O. The molecule has 0 aromatic heterocycles. The van der Waals surface area contributed by atoms with Gasteiger partial charge in [0.05, 0.1) is 0 Å². The molecule has 10 heavy (non-hydrogen) atoms. The van der Waals surface area contributed by atoms with Gasteiger partial charge in [-0.3, -0.25) is 0 Å². The first-order valence-corrected chi connectivity index (χ1v) is 3.39. The summed E-state index contributed by atoms with van der Waals surface area (Å²) in [5, 5.41) is 9.22. The number of para-hydroxylation sites is 1. The van der Waals surface area contributed by atoms with Crippen LogP contribution in [0.5, 0.6) is 5.75 Å². The lowest BCUT2D eigenvalue weighted by atomic mass is 10.1. The highest BCUT2D eigenvalue weighted by Gasteiger charge is 1.95. The van der Waals surface area contributed by atoms with Crippen molar-refractivity contribution in [1.29, 1.82) is 0 Å². The van der Waals surface area contributed by atoms with Gasteiger partial charge in [-0.05, 0) is 24.5 Å². The summed E-state index contributed by atoms with van der Waals surface area (Å²) >= 11 is 0. The maximum Gasteiger partial charge on any atom is 0.118 e. The monoisotopic (exact) mass is 135 g/mol. The fourth-order valence-electron chi connectivity index (χ4n) is 0.903. The second kappa shape index (κ2) is 3.25. The summed E-state index contributed by atoms with van der Waals surface area (Å²) in [4.78, 5) is 0. The van der Waals surface area contributed by atoms with E-state index in [1.54, 1.807) is 6.07 Å². The van der Waals surface area contributed by atoms with E-state index in [0.29, 0.717) is 5.75 Å². The van der Waals surface area contributed by atoms with Gasteiger partial charge in [-0.25, -0.2) is 0 Å². The van der Waals surface area contributed by atoms with Crippen LogP contribution in [0.3, 0.4) is 0 Å². The van der Waals surface area contributed by atoms with Crippen molar-refractivity contribution in [2.45, 2.75) is 13.3 Å². The molecule has 0 aliphatic rings. The Kier molecular flexibility index (Phi) is 2.32. The molecule has 1 aromatic rings. The molecule has 0 aliphatic heterocycles. The van der Waals surface area contributed by atoms with Gasteiger partial charge in [-0.2, -0.15) is 0 Å². The molecule has 0 fully saturated rings. The highest BCUT2D eigenvalue weighted by Crippen LogP contribution is 2.16. The minimum absolute atomic E-state index is 0.389. The number of rotatable bonds is 2. The third-order valence-corrected chi connectivity index (χ3v) is 1.42. The van der Waals surface area contributed by atoms with E-state index in [1.165, 1.54) is 0 Å². The molecule has 0 saturated heterocycles. The minimum Gasteiger partial charge on any atom is -0.508 e. The zero-order valence-corrected chi connectivity index (χ0v) is 6.04. The number of hydrogen-bond acceptors (Lipinski definition) is 1. The molecule has 1 radical (unpaired) electrons. The first-order chi connectivity index (χ1) is 4.84. The molecular weight excluding hydrogens is 124 g/mol. The van der Waals surface area contributed by atoms with Crippen LogP contribution in [0.4, 0.5) is 0 Å². The molecule has 1 N–H and O–H groups in total. The maximum absolute atomic E-state index is 9.22. The molecule has 0 saturated carbocycles. The molecule has 0 bridgehead atoms. The lowest BCUT2D eigenvalue weighted by Crippen LogP contribution is -1.82. The third-order valence-electron chi connectivity index (χ3n) is 1.42. The predicted molar refractivity (Wildman–Crippen MR) is 41.8 cm³/mol. The van der Waals surface area contributed by atoms with Crippen molar-refractivity contribution in [2.24, 2.45) is 0 Å². The number of benzene rings is 1. The average molecular weight is 135 g/mol. The Hall–Kier alpha value is -0.980. The molecule has 0 spiro atoms. The normalized spacial score (nSPS) is 9.70. The fraction of sp³-hybridized carbons (Fsp3) is 0.222. The van der Waals surface area contributed by atoms with Crippen LogP contribution in [0.25, 0.3) is 0 Å². The van der Waals surface area contributed by atoms with Crippen molar-refractivity contribution in [3.63, 3.8) is 0 Å². The Balaban J connectivity index is 2.81. The fourth-order valence-corrected chi connectivity index (χ4v) is 0.903. The molecular formula is C9H11O. The van der Waals surface area contributed by atoms with Crippen molar-refractivity contribution in [2.75, 3.05) is 0 Å². The summed E-state index contributed by atoms with van der Waals surface area (Å²) in [5.41, 5.74) is 0.991. The maximum atomic E-state index is 9.22. The number of hydrogen-bond donors (Lipinski definition) is 1. The Morgan fingerprint density at radius 2 is 2.10 bits per heavy atom. The van der Waals surface area contributed by atoms with Gasteiger partial charge >= 0.3 is 0 Å². The van der Waals surface area contributed by atoms with Crippen LogP contribution < -0.4 is 0 Å². The smallest absolute Gasteiger partial charge is 0.118 e. The molecule has 53 valence electrons. The van der Waals surface area contributed by atoms with Gasteiger partial charge in [0.2, 0.25) is 0 Å². The van der Waals surface area contributed by atoms with Crippen LogP contribution in [0, 0.1) is 6.42 Å². The Labute approximate surface area is 61.3 Å². The van der Waals surface area contributed by atoms with E-state index in [9.17, 15) is 5.11 Å². The Bertz CT molecular complexity index is 206. The van der Waals surface area contributed by atoms with Gasteiger partial charge in [-0.1, -0.05) is 25.1 Å². The minimum atomic E-state index is 0.389. The molecule has 0 amide bonds. The number of phenolic OH excluding ortho intramolecular Hbond substituents is 1. The summed E-state index contributed by atoms with van der Waals surface area (Å²) in [7, 11) is 0. The van der Waals surface area contributed by atoms with Crippen LogP contribution >= 0.6 is 0 Å². The summed E-state index contributed by atoms with van der Waals surface area (Å²) in [6, 6.07) is 7.39. The molecule has 1 rings (SSSR count). The summed E-state index contributed by atoms with van der Waals surface area (Å²) < 4.78 is 0. The topological polar surface area (TPSA) is 20.2 Å². The van der Waals surface area contributed by atoms with E-state index >= 15 is 0 Å². The van der Waals surface area contributed by atoms with Crippen molar-refractivity contribution in [3.05, 3.63) is 36.2 Å². The van der Waals surface area contributed by atoms with E-state index < -0.39 is 0 Å². The predicted octanol–water partition coefficient (Wildman–Crippen LogP) is 2.16. The zero-order valence-electron chi connectivity index (χ0n) is 6.04. The van der Waals surface area contributed by atoms with Crippen molar-refractivity contribution < 1.29 is 5.11 Å². The third kappa shape index (κ3) is 1.50. The lowest BCUT2D eigenvalue weighted by molar-refractivity contribution is 0.469.